The molecule has 3 aromatic carbocycles. The van der Waals surface area contributed by atoms with Crippen LogP contribution in [0.1, 0.15) is 49.8 Å². The van der Waals surface area contributed by atoms with E-state index in [1.54, 1.807) is 0 Å². The van der Waals surface area contributed by atoms with Crippen LogP contribution in [0.4, 0.5) is 0 Å². The van der Waals surface area contributed by atoms with Gasteiger partial charge in [0.1, 0.15) is 23.4 Å². The molecule has 1 heterocycles. The molecule has 0 N–H and O–H groups in total. The molecule has 0 aliphatic heterocycles. The molecule has 0 aliphatic carbocycles. The molecule has 1 unspecified atom stereocenters. The van der Waals surface area contributed by atoms with Crippen molar-refractivity contribution in [1.82, 2.24) is 8.75 Å². The lowest BCUT2D eigenvalue weighted by Gasteiger charge is -2.20. The van der Waals surface area contributed by atoms with E-state index in [2.05, 4.69) is 59.9 Å². The molecule has 0 fully saturated rings. The predicted molar refractivity (Wildman–Crippen MR) is 137 cm³/mol. The quantitative estimate of drug-likeness (QED) is 0.246. The number of hydrogen-bond acceptors (Lipinski definition) is 6. The van der Waals surface area contributed by atoms with Crippen LogP contribution in [-0.2, 0) is 16.1 Å². The summed E-state index contributed by atoms with van der Waals surface area (Å²) in [6.45, 7) is 8.96. The summed E-state index contributed by atoms with van der Waals surface area (Å²) in [5.74, 6) is 0.512. The van der Waals surface area contributed by atoms with Crippen LogP contribution in [0.25, 0.3) is 22.2 Å². The Hall–Kier alpha value is -3.25. The van der Waals surface area contributed by atoms with E-state index in [1.807, 2.05) is 37.3 Å². The first-order chi connectivity index (χ1) is 16.4. The van der Waals surface area contributed by atoms with Gasteiger partial charge in [-0.15, -0.1) is 0 Å². The first kappa shape index (κ1) is 23.9. The fraction of sp³-hybridized carbons (Fsp3) is 0.321. The summed E-state index contributed by atoms with van der Waals surface area (Å²) < 4.78 is 20.4. The van der Waals surface area contributed by atoms with Crippen molar-refractivity contribution in [2.75, 3.05) is 6.61 Å². The maximum Gasteiger partial charge on any atom is 0.313 e. The molecule has 34 heavy (non-hydrogen) atoms. The molecular weight excluding hydrogens is 444 g/mol. The van der Waals surface area contributed by atoms with Gasteiger partial charge in [-0.25, -0.2) is 0 Å². The number of fused-ring (bicyclic) bond motifs is 1. The monoisotopic (exact) mass is 474 g/mol. The standard InChI is InChI=1S/C28H30N2O3S/c1-5-32-28(31)25(12-18(2)3)23-13-22(21-10-11-26-27(16-21)30-34-29-26)14-24(15-23)33-17-20-8-6-19(4)7-9-20/h6-11,13-16,18,25H,5,12,17H2,1-4H3. The zero-order valence-corrected chi connectivity index (χ0v) is 20.9. The van der Waals surface area contributed by atoms with Crippen molar-refractivity contribution in [2.24, 2.45) is 5.92 Å². The molecule has 0 bridgehead atoms. The van der Waals surface area contributed by atoms with Gasteiger partial charge in [-0.05, 0) is 72.7 Å². The van der Waals surface area contributed by atoms with Crippen molar-refractivity contribution in [3.8, 4) is 16.9 Å². The molecule has 0 saturated heterocycles. The van der Waals surface area contributed by atoms with Gasteiger partial charge < -0.3 is 9.47 Å². The average molecular weight is 475 g/mol. The zero-order chi connectivity index (χ0) is 24.1. The minimum Gasteiger partial charge on any atom is -0.489 e. The van der Waals surface area contributed by atoms with Crippen molar-refractivity contribution in [2.45, 2.75) is 46.6 Å². The number of nitrogens with zero attached hydrogens (tertiary/aromatic N) is 2. The second kappa shape index (κ2) is 10.8. The molecule has 4 rings (SSSR count). The molecular formula is C28H30N2O3S. The van der Waals surface area contributed by atoms with Crippen LogP contribution in [-0.4, -0.2) is 21.3 Å². The number of rotatable bonds is 9. The Morgan fingerprint density at radius 2 is 1.71 bits per heavy atom. The highest BCUT2D eigenvalue weighted by Gasteiger charge is 2.24. The molecule has 1 aromatic heterocycles. The Kier molecular flexibility index (Phi) is 7.58. The largest absolute Gasteiger partial charge is 0.489 e. The normalized spacial score (nSPS) is 12.1. The molecule has 0 saturated carbocycles. The summed E-state index contributed by atoms with van der Waals surface area (Å²) in [6.07, 6.45) is 0.703. The van der Waals surface area contributed by atoms with Crippen LogP contribution in [0.15, 0.2) is 60.7 Å². The second-order valence-electron chi connectivity index (χ2n) is 8.97. The number of carbonyl (C=O) groups excluding carboxylic acids is 1. The Labute approximate surface area is 205 Å². The fourth-order valence-electron chi connectivity index (χ4n) is 3.97. The Bertz CT molecular complexity index is 1260. The molecule has 0 spiro atoms. The van der Waals surface area contributed by atoms with Crippen LogP contribution >= 0.6 is 11.7 Å². The average Bonchev–Trinajstić information content (AvgIpc) is 3.30. The zero-order valence-electron chi connectivity index (χ0n) is 20.1. The molecule has 176 valence electrons. The minimum absolute atomic E-state index is 0.197. The van der Waals surface area contributed by atoms with Crippen LogP contribution in [0.2, 0.25) is 0 Å². The van der Waals surface area contributed by atoms with E-state index in [9.17, 15) is 4.79 Å². The lowest BCUT2D eigenvalue weighted by atomic mass is 9.88. The summed E-state index contributed by atoms with van der Waals surface area (Å²) in [5, 5.41) is 0. The number of aryl methyl sites for hydroxylation is 1. The van der Waals surface area contributed by atoms with Gasteiger partial charge in [0.25, 0.3) is 0 Å². The van der Waals surface area contributed by atoms with Crippen molar-refractivity contribution < 1.29 is 14.3 Å². The van der Waals surface area contributed by atoms with Gasteiger partial charge in [0.05, 0.1) is 24.3 Å². The Morgan fingerprint density at radius 3 is 2.44 bits per heavy atom. The highest BCUT2D eigenvalue weighted by atomic mass is 32.1. The number of ether oxygens (including phenoxy) is 2. The molecule has 1 atom stereocenters. The number of hydrogen-bond donors (Lipinski definition) is 0. The summed E-state index contributed by atoms with van der Waals surface area (Å²) in [7, 11) is 0. The van der Waals surface area contributed by atoms with Gasteiger partial charge in [0.2, 0.25) is 0 Å². The number of carbonyl (C=O) groups is 1. The van der Waals surface area contributed by atoms with Crippen molar-refractivity contribution in [3.63, 3.8) is 0 Å². The fourth-order valence-corrected chi connectivity index (χ4v) is 4.49. The van der Waals surface area contributed by atoms with E-state index in [1.165, 1.54) is 17.3 Å². The van der Waals surface area contributed by atoms with Crippen molar-refractivity contribution in [3.05, 3.63) is 77.4 Å². The van der Waals surface area contributed by atoms with Crippen molar-refractivity contribution in [1.29, 1.82) is 0 Å². The SMILES string of the molecule is CCOC(=O)C(CC(C)C)c1cc(OCc2ccc(C)cc2)cc(-c2ccc3nsnc3c2)c1. The highest BCUT2D eigenvalue weighted by molar-refractivity contribution is 7.00. The second-order valence-corrected chi connectivity index (χ2v) is 9.50. The molecule has 0 amide bonds. The predicted octanol–water partition coefficient (Wildman–Crippen LogP) is 6.94. The summed E-state index contributed by atoms with van der Waals surface area (Å²) in [6, 6.07) is 20.4. The van der Waals surface area contributed by atoms with E-state index in [0.717, 1.165) is 39.0 Å². The van der Waals surface area contributed by atoms with Gasteiger partial charge in [0.15, 0.2) is 0 Å². The lowest BCUT2D eigenvalue weighted by Crippen LogP contribution is -2.18. The third-order valence-corrected chi connectivity index (χ3v) is 6.28. The van der Waals surface area contributed by atoms with Gasteiger partial charge in [-0.2, -0.15) is 8.75 Å². The van der Waals surface area contributed by atoms with Crippen LogP contribution < -0.4 is 4.74 Å². The Morgan fingerprint density at radius 1 is 0.941 bits per heavy atom. The van der Waals surface area contributed by atoms with E-state index in [4.69, 9.17) is 9.47 Å². The third-order valence-electron chi connectivity index (χ3n) is 5.72. The van der Waals surface area contributed by atoms with Gasteiger partial charge in [0, 0.05) is 0 Å². The van der Waals surface area contributed by atoms with Gasteiger partial charge in [-0.3, -0.25) is 4.79 Å². The smallest absolute Gasteiger partial charge is 0.313 e. The maximum absolute atomic E-state index is 12.9. The lowest BCUT2D eigenvalue weighted by molar-refractivity contribution is -0.145. The van der Waals surface area contributed by atoms with E-state index < -0.39 is 0 Å². The summed E-state index contributed by atoms with van der Waals surface area (Å²) in [4.78, 5) is 12.9. The molecule has 0 radical (unpaired) electrons. The molecule has 4 aromatic rings. The number of esters is 1. The van der Waals surface area contributed by atoms with Crippen LogP contribution in [0.5, 0.6) is 5.75 Å². The maximum atomic E-state index is 12.9. The summed E-state index contributed by atoms with van der Waals surface area (Å²) in [5.41, 5.74) is 6.94. The van der Waals surface area contributed by atoms with E-state index in [-0.39, 0.29) is 11.9 Å². The van der Waals surface area contributed by atoms with E-state index >= 15 is 0 Å². The first-order valence-corrected chi connectivity index (χ1v) is 12.4. The van der Waals surface area contributed by atoms with E-state index in [0.29, 0.717) is 25.6 Å². The van der Waals surface area contributed by atoms with Gasteiger partial charge >= 0.3 is 5.97 Å². The molecule has 6 heteroatoms. The number of benzene rings is 3. The summed E-state index contributed by atoms with van der Waals surface area (Å²) >= 11 is 1.20. The Balaban J connectivity index is 1.73. The topological polar surface area (TPSA) is 61.3 Å². The third kappa shape index (κ3) is 5.81. The molecule has 5 nitrogen and oxygen atoms in total. The first-order valence-electron chi connectivity index (χ1n) is 11.7. The highest BCUT2D eigenvalue weighted by Crippen LogP contribution is 2.34. The minimum atomic E-state index is -0.355. The van der Waals surface area contributed by atoms with Crippen LogP contribution in [0.3, 0.4) is 0 Å². The molecule has 0 aliphatic rings. The van der Waals surface area contributed by atoms with Gasteiger partial charge in [-0.1, -0.05) is 55.8 Å². The van der Waals surface area contributed by atoms with Crippen molar-refractivity contribution >= 4 is 28.7 Å². The van der Waals surface area contributed by atoms with Crippen LogP contribution in [0, 0.1) is 12.8 Å². The number of aromatic nitrogens is 2.